The molecule has 0 radical (unpaired) electrons. The molecule has 2 N–H and O–H groups in total. The molecule has 0 aliphatic rings. The number of nitrogens with one attached hydrogen (secondary N) is 1. The van der Waals surface area contributed by atoms with Gasteiger partial charge >= 0.3 is 0 Å². The summed E-state index contributed by atoms with van der Waals surface area (Å²) >= 11 is 2.69. The molecule has 0 aliphatic carbocycles. The van der Waals surface area contributed by atoms with Crippen molar-refractivity contribution in [2.24, 2.45) is 0 Å². The van der Waals surface area contributed by atoms with Gasteiger partial charge in [0, 0.05) is 6.07 Å². The number of aromatic nitrogens is 4. The number of benzene rings is 1. The van der Waals surface area contributed by atoms with Gasteiger partial charge in [0.1, 0.15) is 11.4 Å². The van der Waals surface area contributed by atoms with Gasteiger partial charge in [0.2, 0.25) is 5.13 Å². The number of ether oxygens (including phenoxy) is 1. The summed E-state index contributed by atoms with van der Waals surface area (Å²) in [5, 5.41) is 27.5. The third-order valence-corrected chi connectivity index (χ3v) is 5.70. The molecule has 4 rings (SSSR count). The second-order valence-corrected chi connectivity index (χ2v) is 7.57. The van der Waals surface area contributed by atoms with E-state index in [0.717, 1.165) is 15.6 Å². The quantitative estimate of drug-likeness (QED) is 0.503. The van der Waals surface area contributed by atoms with Crippen LogP contribution in [0.25, 0.3) is 15.6 Å². The van der Waals surface area contributed by atoms with Crippen LogP contribution in [0.15, 0.2) is 52.6 Å². The van der Waals surface area contributed by atoms with Crippen LogP contribution in [0.2, 0.25) is 0 Å². The lowest BCUT2D eigenvalue weighted by Gasteiger charge is -2.11. The Labute approximate surface area is 171 Å². The molecule has 0 unspecified atom stereocenters. The minimum Gasteiger partial charge on any atom is -0.505 e. The molecule has 1 aromatic carbocycles. The molecule has 0 bridgehead atoms. The highest BCUT2D eigenvalue weighted by Crippen LogP contribution is 2.30. The van der Waals surface area contributed by atoms with E-state index in [1.165, 1.54) is 29.8 Å². The number of thiophene rings is 1. The Balaban J connectivity index is 1.66. The zero-order valence-electron chi connectivity index (χ0n) is 14.9. The van der Waals surface area contributed by atoms with Crippen LogP contribution in [-0.4, -0.2) is 38.1 Å². The summed E-state index contributed by atoms with van der Waals surface area (Å²) in [5.74, 6) is -0.870. The van der Waals surface area contributed by atoms with Gasteiger partial charge in [-0.2, -0.15) is 9.78 Å². The lowest BCUT2D eigenvalue weighted by molar-refractivity contribution is 0.101. The number of rotatable bonds is 5. The van der Waals surface area contributed by atoms with Gasteiger partial charge in [-0.25, -0.2) is 0 Å². The maximum atomic E-state index is 12.6. The van der Waals surface area contributed by atoms with Crippen molar-refractivity contribution in [2.75, 3.05) is 12.4 Å². The molecule has 11 heteroatoms. The van der Waals surface area contributed by atoms with Crippen molar-refractivity contribution in [2.45, 2.75) is 0 Å². The molecule has 146 valence electrons. The van der Waals surface area contributed by atoms with E-state index in [2.05, 4.69) is 20.6 Å². The normalized spacial score (nSPS) is 10.7. The Morgan fingerprint density at radius 1 is 1.21 bits per heavy atom. The summed E-state index contributed by atoms with van der Waals surface area (Å²) in [6.07, 6.45) is 0. The molecule has 3 heterocycles. The van der Waals surface area contributed by atoms with Gasteiger partial charge in [-0.3, -0.25) is 14.9 Å². The smallest absolute Gasteiger partial charge is 0.281 e. The van der Waals surface area contributed by atoms with Crippen LogP contribution in [-0.2, 0) is 0 Å². The number of para-hydroxylation sites is 2. The number of hydrogen-bond donors (Lipinski definition) is 2. The van der Waals surface area contributed by atoms with Crippen molar-refractivity contribution in [3.05, 3.63) is 63.9 Å². The van der Waals surface area contributed by atoms with Gasteiger partial charge in [0.15, 0.2) is 16.5 Å². The molecular weight excluding hydrogens is 414 g/mol. The number of amides is 1. The summed E-state index contributed by atoms with van der Waals surface area (Å²) in [7, 11) is 1.46. The first-order valence-corrected chi connectivity index (χ1v) is 9.92. The van der Waals surface area contributed by atoms with Crippen molar-refractivity contribution in [1.29, 1.82) is 0 Å². The predicted octanol–water partition coefficient (Wildman–Crippen LogP) is 2.78. The van der Waals surface area contributed by atoms with Gasteiger partial charge in [-0.15, -0.1) is 21.5 Å². The summed E-state index contributed by atoms with van der Waals surface area (Å²) in [4.78, 5) is 25.9. The van der Waals surface area contributed by atoms with Gasteiger partial charge in [-0.1, -0.05) is 29.5 Å². The van der Waals surface area contributed by atoms with E-state index in [9.17, 15) is 14.7 Å². The van der Waals surface area contributed by atoms with Crippen molar-refractivity contribution in [3.8, 4) is 27.1 Å². The van der Waals surface area contributed by atoms with Crippen LogP contribution < -0.4 is 15.6 Å². The van der Waals surface area contributed by atoms with E-state index < -0.39 is 17.2 Å². The number of carbonyl (C=O) groups excluding carboxylic acids is 1. The van der Waals surface area contributed by atoms with Crippen LogP contribution in [0.5, 0.6) is 11.5 Å². The molecule has 0 spiro atoms. The summed E-state index contributed by atoms with van der Waals surface area (Å²) in [5.41, 5.74) is -0.604. The summed E-state index contributed by atoms with van der Waals surface area (Å²) < 4.78 is 6.23. The zero-order chi connectivity index (χ0) is 20.4. The molecule has 0 saturated carbocycles. The van der Waals surface area contributed by atoms with E-state index in [-0.39, 0.29) is 10.8 Å². The average Bonchev–Trinajstić information content (AvgIpc) is 3.40. The number of nitrogens with zero attached hydrogens (tertiary/aromatic N) is 4. The van der Waals surface area contributed by atoms with Crippen molar-refractivity contribution < 1.29 is 14.6 Å². The highest BCUT2D eigenvalue weighted by molar-refractivity contribution is 7.23. The van der Waals surface area contributed by atoms with Crippen molar-refractivity contribution in [1.82, 2.24) is 20.0 Å². The minimum absolute atomic E-state index is 0.245. The van der Waals surface area contributed by atoms with Crippen LogP contribution in [0.1, 0.15) is 10.5 Å². The third kappa shape index (κ3) is 3.73. The lowest BCUT2D eigenvalue weighted by atomic mass is 10.3. The number of anilines is 1. The number of hydrogen-bond acceptors (Lipinski definition) is 9. The molecule has 3 aromatic heterocycles. The fraction of sp³-hybridized carbons (Fsp3) is 0.0556. The van der Waals surface area contributed by atoms with E-state index in [4.69, 9.17) is 4.74 Å². The highest BCUT2D eigenvalue weighted by atomic mass is 32.1. The van der Waals surface area contributed by atoms with Crippen LogP contribution in [0, 0.1) is 0 Å². The first-order chi connectivity index (χ1) is 14.1. The highest BCUT2D eigenvalue weighted by Gasteiger charge is 2.20. The van der Waals surface area contributed by atoms with Crippen LogP contribution in [0.4, 0.5) is 5.13 Å². The Bertz CT molecular complexity index is 1230. The Morgan fingerprint density at radius 3 is 2.79 bits per heavy atom. The number of aromatic hydroxyl groups is 1. The van der Waals surface area contributed by atoms with Gasteiger partial charge in [-0.05, 0) is 23.6 Å². The number of methoxy groups -OCH3 is 1. The van der Waals surface area contributed by atoms with Crippen molar-refractivity contribution >= 4 is 33.7 Å². The Morgan fingerprint density at radius 2 is 2.03 bits per heavy atom. The maximum absolute atomic E-state index is 12.6. The number of carbonyl (C=O) groups is 1. The Hall–Kier alpha value is -3.57. The van der Waals surface area contributed by atoms with Gasteiger partial charge < -0.3 is 9.84 Å². The van der Waals surface area contributed by atoms with E-state index in [1.807, 2.05) is 17.5 Å². The zero-order valence-corrected chi connectivity index (χ0v) is 16.5. The monoisotopic (exact) mass is 427 g/mol. The maximum Gasteiger partial charge on any atom is 0.281 e. The largest absolute Gasteiger partial charge is 0.505 e. The minimum atomic E-state index is -0.722. The molecule has 0 atom stereocenters. The fourth-order valence-electron chi connectivity index (χ4n) is 2.52. The van der Waals surface area contributed by atoms with E-state index >= 15 is 0 Å². The fourth-order valence-corrected chi connectivity index (χ4v) is 4.05. The SMILES string of the molecule is COc1ccccc1-n1nc(C(=O)Nc2nnc(-c3cccs3)s2)c(O)cc1=O. The molecule has 1 amide bonds. The third-order valence-electron chi connectivity index (χ3n) is 3.82. The standard InChI is InChI=1S/C18H13N5O4S2/c1-27-12-6-3-2-5-10(12)23-14(25)9-11(24)15(22-23)16(26)19-18-21-20-17(29-18)13-7-4-8-28-13/h2-9,24H,1H3,(H,19,21,26). The molecule has 9 nitrogen and oxygen atoms in total. The topological polar surface area (TPSA) is 119 Å². The summed E-state index contributed by atoms with van der Waals surface area (Å²) in [6.45, 7) is 0. The molecular formula is C18H13N5O4S2. The molecule has 0 saturated heterocycles. The molecule has 4 aromatic rings. The molecule has 29 heavy (non-hydrogen) atoms. The lowest BCUT2D eigenvalue weighted by Crippen LogP contribution is -2.25. The molecule has 0 aliphatic heterocycles. The van der Waals surface area contributed by atoms with Gasteiger partial charge in [0.25, 0.3) is 11.5 Å². The van der Waals surface area contributed by atoms with Gasteiger partial charge in [0.05, 0.1) is 12.0 Å². The summed E-state index contributed by atoms with van der Waals surface area (Å²) in [6, 6.07) is 11.4. The molecule has 0 fully saturated rings. The second-order valence-electron chi connectivity index (χ2n) is 5.64. The van der Waals surface area contributed by atoms with Crippen LogP contribution >= 0.6 is 22.7 Å². The first kappa shape index (κ1) is 18.8. The second kappa shape index (κ2) is 7.81. The van der Waals surface area contributed by atoms with E-state index in [1.54, 1.807) is 24.3 Å². The van der Waals surface area contributed by atoms with Crippen LogP contribution in [0.3, 0.4) is 0 Å². The van der Waals surface area contributed by atoms with Crippen molar-refractivity contribution in [3.63, 3.8) is 0 Å². The van der Waals surface area contributed by atoms with E-state index in [0.29, 0.717) is 16.4 Å². The Kier molecular flexibility index (Phi) is 5.06. The first-order valence-electron chi connectivity index (χ1n) is 8.22. The predicted molar refractivity (Wildman–Crippen MR) is 109 cm³/mol. The average molecular weight is 427 g/mol.